The fraction of sp³-hybridized carbons (Fsp3) is 0.875. The summed E-state index contributed by atoms with van der Waals surface area (Å²) < 4.78 is 10.2. The molecular formula is C40H72O9. The standard InChI is InChI=1S/C40H72O9/c1-4-5-15-21-32(41)25-26-35-36(38(45)28-37(35)44)27-33(42)22-18-19-24-40(47)49-30-34(43)29-48-39(46)23-17-14-12-10-8-6-7-9-11-13-16-20-31(2)3/h25-26,31-32,34-38,41,43-45H,4-24,27-30H2,1-3H3/b26-25+/t32-,34-,35+,36+,37+,38-/m0/s1. The zero-order chi connectivity index (χ0) is 36.3. The second-order valence-corrected chi connectivity index (χ2v) is 14.9. The van der Waals surface area contributed by atoms with Crippen LogP contribution in [0.25, 0.3) is 0 Å². The summed E-state index contributed by atoms with van der Waals surface area (Å²) in [6.45, 7) is 6.20. The van der Waals surface area contributed by atoms with Crippen LogP contribution in [0.15, 0.2) is 12.2 Å². The normalized spacial score (nSPS) is 20.6. The van der Waals surface area contributed by atoms with Crippen LogP contribution in [0, 0.1) is 17.8 Å². The number of rotatable bonds is 31. The Balaban J connectivity index is 2.07. The summed E-state index contributed by atoms with van der Waals surface area (Å²) in [6, 6.07) is 0. The van der Waals surface area contributed by atoms with Gasteiger partial charge in [-0.3, -0.25) is 14.4 Å². The van der Waals surface area contributed by atoms with Crippen LogP contribution in [0.1, 0.15) is 168 Å². The maximum atomic E-state index is 12.6. The van der Waals surface area contributed by atoms with Gasteiger partial charge in [-0.15, -0.1) is 0 Å². The Bertz CT molecular complexity index is 889. The zero-order valence-electron chi connectivity index (χ0n) is 31.2. The van der Waals surface area contributed by atoms with E-state index in [9.17, 15) is 34.8 Å². The molecule has 1 saturated carbocycles. The molecule has 1 aliphatic carbocycles. The third kappa shape index (κ3) is 24.1. The average Bonchev–Trinajstić information content (AvgIpc) is 3.32. The number of esters is 2. The summed E-state index contributed by atoms with van der Waals surface area (Å²) in [5, 5.41) is 41.1. The van der Waals surface area contributed by atoms with Gasteiger partial charge >= 0.3 is 11.9 Å². The van der Waals surface area contributed by atoms with Gasteiger partial charge in [0.1, 0.15) is 25.1 Å². The lowest BCUT2D eigenvalue weighted by Crippen LogP contribution is -2.25. The van der Waals surface area contributed by atoms with Gasteiger partial charge in [0.05, 0.1) is 18.3 Å². The Kier molecular flexibility index (Phi) is 26.6. The van der Waals surface area contributed by atoms with Crippen molar-refractivity contribution in [2.24, 2.45) is 17.8 Å². The molecule has 9 nitrogen and oxygen atoms in total. The van der Waals surface area contributed by atoms with Crippen LogP contribution < -0.4 is 0 Å². The van der Waals surface area contributed by atoms with Crippen molar-refractivity contribution in [1.82, 2.24) is 0 Å². The number of hydrogen-bond donors (Lipinski definition) is 4. The summed E-state index contributed by atoms with van der Waals surface area (Å²) in [4.78, 5) is 36.7. The lowest BCUT2D eigenvalue weighted by atomic mass is 9.87. The highest BCUT2D eigenvalue weighted by Gasteiger charge is 2.41. The van der Waals surface area contributed by atoms with E-state index >= 15 is 0 Å². The van der Waals surface area contributed by atoms with Crippen LogP contribution in [0.4, 0.5) is 0 Å². The summed E-state index contributed by atoms with van der Waals surface area (Å²) in [5.41, 5.74) is 0. The predicted molar refractivity (Wildman–Crippen MR) is 194 cm³/mol. The monoisotopic (exact) mass is 697 g/mol. The van der Waals surface area contributed by atoms with Crippen LogP contribution in [-0.4, -0.2) is 75.8 Å². The van der Waals surface area contributed by atoms with Crippen LogP contribution in [0.2, 0.25) is 0 Å². The summed E-state index contributed by atoms with van der Waals surface area (Å²) in [5.74, 6) is -0.858. The van der Waals surface area contributed by atoms with Crippen molar-refractivity contribution in [3.8, 4) is 0 Å². The van der Waals surface area contributed by atoms with E-state index < -0.39 is 36.3 Å². The number of hydrogen-bond acceptors (Lipinski definition) is 9. The molecule has 0 saturated heterocycles. The van der Waals surface area contributed by atoms with Gasteiger partial charge in [0.25, 0.3) is 0 Å². The highest BCUT2D eigenvalue weighted by atomic mass is 16.6. The molecular weight excluding hydrogens is 624 g/mol. The Morgan fingerprint density at radius 3 is 1.71 bits per heavy atom. The summed E-state index contributed by atoms with van der Waals surface area (Å²) in [7, 11) is 0. The molecule has 0 bridgehead atoms. The fourth-order valence-electron chi connectivity index (χ4n) is 6.56. The first-order valence-electron chi connectivity index (χ1n) is 19.8. The second-order valence-electron chi connectivity index (χ2n) is 14.9. The molecule has 0 aromatic heterocycles. The van der Waals surface area contributed by atoms with Crippen molar-refractivity contribution in [2.45, 2.75) is 193 Å². The molecule has 6 atom stereocenters. The minimum Gasteiger partial charge on any atom is -0.463 e. The lowest BCUT2D eigenvalue weighted by Gasteiger charge is -2.20. The van der Waals surface area contributed by atoms with Crippen molar-refractivity contribution in [3.63, 3.8) is 0 Å². The molecule has 9 heteroatoms. The van der Waals surface area contributed by atoms with Crippen LogP contribution in [-0.2, 0) is 23.9 Å². The van der Waals surface area contributed by atoms with E-state index in [1.54, 1.807) is 12.2 Å². The SMILES string of the molecule is CCCCC[C@H](O)/C=C/[C@@H]1[C@@H](CC(=O)CCCCC(=O)OC[C@@H](O)COC(=O)CCCCCCCCCCCCCC(C)C)[C@@H](O)C[C@H]1O. The number of carbonyl (C=O) groups excluding carboxylic acids is 3. The molecule has 0 aromatic carbocycles. The first-order valence-corrected chi connectivity index (χ1v) is 19.8. The first-order chi connectivity index (χ1) is 23.5. The largest absolute Gasteiger partial charge is 0.463 e. The highest BCUT2D eigenvalue weighted by molar-refractivity contribution is 5.79. The number of aliphatic hydroxyl groups is 4. The van der Waals surface area contributed by atoms with Crippen LogP contribution in [0.5, 0.6) is 0 Å². The molecule has 286 valence electrons. The van der Waals surface area contributed by atoms with E-state index in [0.29, 0.717) is 25.7 Å². The molecule has 1 rings (SSSR count). The topological polar surface area (TPSA) is 151 Å². The van der Waals surface area contributed by atoms with Gasteiger partial charge < -0.3 is 29.9 Å². The van der Waals surface area contributed by atoms with Crippen molar-refractivity contribution in [3.05, 3.63) is 12.2 Å². The van der Waals surface area contributed by atoms with Crippen molar-refractivity contribution in [2.75, 3.05) is 13.2 Å². The summed E-state index contributed by atoms with van der Waals surface area (Å²) in [6.07, 6.45) is 20.5. The van der Waals surface area contributed by atoms with E-state index in [-0.39, 0.29) is 56.6 Å². The van der Waals surface area contributed by atoms with Gasteiger partial charge in [-0.1, -0.05) is 123 Å². The number of carbonyl (C=O) groups is 3. The number of ketones is 1. The smallest absolute Gasteiger partial charge is 0.305 e. The number of ether oxygens (including phenoxy) is 2. The number of unbranched alkanes of at least 4 members (excludes halogenated alkanes) is 13. The molecule has 0 heterocycles. The fourth-order valence-corrected chi connectivity index (χ4v) is 6.56. The molecule has 0 radical (unpaired) electrons. The van der Waals surface area contributed by atoms with E-state index in [0.717, 1.165) is 44.4 Å². The molecule has 49 heavy (non-hydrogen) atoms. The molecule has 1 aliphatic rings. The minimum absolute atomic E-state index is 0.0424. The maximum absolute atomic E-state index is 12.6. The summed E-state index contributed by atoms with van der Waals surface area (Å²) >= 11 is 0. The third-order valence-electron chi connectivity index (χ3n) is 9.66. The second kappa shape index (κ2) is 28.8. The number of aliphatic hydroxyl groups excluding tert-OH is 4. The van der Waals surface area contributed by atoms with Crippen molar-refractivity contribution >= 4 is 17.7 Å². The van der Waals surface area contributed by atoms with Gasteiger partial charge in [0, 0.05) is 43.9 Å². The molecule has 1 fully saturated rings. The van der Waals surface area contributed by atoms with E-state index in [1.807, 2.05) is 0 Å². The zero-order valence-corrected chi connectivity index (χ0v) is 31.2. The maximum Gasteiger partial charge on any atom is 0.305 e. The lowest BCUT2D eigenvalue weighted by molar-refractivity contribution is -0.152. The molecule has 0 amide bonds. The Labute approximate surface area is 297 Å². The third-order valence-corrected chi connectivity index (χ3v) is 9.66. The Morgan fingerprint density at radius 2 is 1.16 bits per heavy atom. The van der Waals surface area contributed by atoms with Gasteiger partial charge in [-0.2, -0.15) is 0 Å². The molecule has 0 aliphatic heterocycles. The van der Waals surface area contributed by atoms with E-state index in [4.69, 9.17) is 9.47 Å². The Morgan fingerprint density at radius 1 is 0.673 bits per heavy atom. The van der Waals surface area contributed by atoms with Crippen molar-refractivity contribution < 1.29 is 44.3 Å². The van der Waals surface area contributed by atoms with Gasteiger partial charge in [-0.25, -0.2) is 0 Å². The van der Waals surface area contributed by atoms with Crippen LogP contribution >= 0.6 is 0 Å². The van der Waals surface area contributed by atoms with Crippen molar-refractivity contribution in [1.29, 1.82) is 0 Å². The molecule has 0 unspecified atom stereocenters. The predicted octanol–water partition coefficient (Wildman–Crippen LogP) is 7.54. The molecule has 0 spiro atoms. The minimum atomic E-state index is -1.09. The highest BCUT2D eigenvalue weighted by Crippen LogP contribution is 2.36. The molecule has 4 N–H and O–H groups in total. The molecule has 0 aromatic rings. The van der Waals surface area contributed by atoms with Gasteiger partial charge in [0.15, 0.2) is 0 Å². The quantitative estimate of drug-likeness (QED) is 0.0328. The van der Waals surface area contributed by atoms with Gasteiger partial charge in [0.2, 0.25) is 0 Å². The van der Waals surface area contributed by atoms with E-state index in [1.165, 1.54) is 57.8 Å². The van der Waals surface area contributed by atoms with Crippen LogP contribution in [0.3, 0.4) is 0 Å². The van der Waals surface area contributed by atoms with E-state index in [2.05, 4.69) is 20.8 Å². The number of Topliss-reactive ketones (excluding diaryl/α,β-unsaturated/α-hetero) is 1. The average molecular weight is 697 g/mol. The first kappa shape index (κ1) is 45.2. The van der Waals surface area contributed by atoms with Gasteiger partial charge in [-0.05, 0) is 31.6 Å². The Hall–Kier alpha value is -1.81.